The molecule has 0 unspecified atom stereocenters. The minimum absolute atomic E-state index is 0.293. The van der Waals surface area contributed by atoms with E-state index >= 15 is 0 Å². The van der Waals surface area contributed by atoms with Gasteiger partial charge in [-0.1, -0.05) is 19.8 Å². The molecule has 0 fully saturated rings. The molecular weight excluding hydrogens is 156 g/mol. The Bertz CT molecular complexity index is 172. The smallest absolute Gasteiger partial charge is 0.166 e. The Morgan fingerprint density at radius 3 is 2.91 bits per heavy atom. The number of thioether (sulfide) groups is 1. The molecule has 0 aromatic heterocycles. The van der Waals surface area contributed by atoms with E-state index in [1.54, 1.807) is 17.8 Å². The number of allylic oxidation sites excluding steroid dienone is 2. The summed E-state index contributed by atoms with van der Waals surface area (Å²) in [6, 6.07) is 0. The second-order valence-corrected chi connectivity index (χ2v) is 3.92. The summed E-state index contributed by atoms with van der Waals surface area (Å²) in [4.78, 5) is 12.1. The van der Waals surface area contributed by atoms with Crippen molar-refractivity contribution in [3.05, 3.63) is 11.0 Å². The molecule has 0 atom stereocenters. The highest BCUT2D eigenvalue weighted by Gasteiger charge is 2.11. The summed E-state index contributed by atoms with van der Waals surface area (Å²) in [6.45, 7) is 2.20. The molecule has 0 N–H and O–H groups in total. The number of hydrogen-bond acceptors (Lipinski definition) is 2. The molecule has 0 aromatic carbocycles. The van der Waals surface area contributed by atoms with Crippen molar-refractivity contribution in [1.82, 2.24) is 0 Å². The van der Waals surface area contributed by atoms with Crippen LogP contribution >= 0.6 is 11.8 Å². The highest BCUT2D eigenvalue weighted by molar-refractivity contribution is 8.04. The first kappa shape index (κ1) is 8.85. The summed E-state index contributed by atoms with van der Waals surface area (Å²) in [5, 5.41) is 0. The van der Waals surface area contributed by atoms with Crippen molar-refractivity contribution in [2.24, 2.45) is 0 Å². The van der Waals surface area contributed by atoms with Gasteiger partial charge in [-0.2, -0.15) is 0 Å². The zero-order valence-electron chi connectivity index (χ0n) is 6.93. The largest absolute Gasteiger partial charge is 0.294 e. The van der Waals surface area contributed by atoms with E-state index in [-0.39, 0.29) is 0 Å². The molecule has 11 heavy (non-hydrogen) atoms. The van der Waals surface area contributed by atoms with E-state index in [1.165, 1.54) is 24.2 Å². The van der Waals surface area contributed by atoms with Crippen molar-refractivity contribution in [2.45, 2.75) is 32.6 Å². The van der Waals surface area contributed by atoms with E-state index in [9.17, 15) is 4.79 Å². The first-order chi connectivity index (χ1) is 5.33. The van der Waals surface area contributed by atoms with Gasteiger partial charge in [0.2, 0.25) is 0 Å². The zero-order valence-corrected chi connectivity index (χ0v) is 7.75. The summed E-state index contributed by atoms with van der Waals surface area (Å²) in [5.74, 6) is 0.975. The lowest BCUT2D eigenvalue weighted by atomic mass is 10.2. The minimum Gasteiger partial charge on any atom is -0.294 e. The average Bonchev–Trinajstić information content (AvgIpc) is 2.37. The summed E-state index contributed by atoms with van der Waals surface area (Å²) >= 11 is 1.71. The molecule has 62 valence electrons. The van der Waals surface area contributed by atoms with E-state index in [2.05, 4.69) is 6.92 Å². The van der Waals surface area contributed by atoms with Crippen LogP contribution in [0.1, 0.15) is 32.6 Å². The van der Waals surface area contributed by atoms with Crippen LogP contribution in [-0.2, 0) is 4.79 Å². The molecule has 0 radical (unpaired) electrons. The van der Waals surface area contributed by atoms with E-state index in [0.717, 1.165) is 6.42 Å². The third-order valence-electron chi connectivity index (χ3n) is 1.75. The monoisotopic (exact) mass is 170 g/mol. The van der Waals surface area contributed by atoms with Crippen molar-refractivity contribution in [2.75, 3.05) is 5.75 Å². The van der Waals surface area contributed by atoms with E-state index in [1.807, 2.05) is 0 Å². The van der Waals surface area contributed by atoms with Crippen LogP contribution in [0.25, 0.3) is 0 Å². The molecule has 0 aliphatic carbocycles. The number of rotatable bonds is 4. The van der Waals surface area contributed by atoms with Gasteiger partial charge in [0.05, 0.1) is 5.75 Å². The fourth-order valence-corrected chi connectivity index (χ4v) is 2.03. The predicted octanol–water partition coefficient (Wildman–Crippen LogP) is 2.77. The average molecular weight is 170 g/mol. The highest BCUT2D eigenvalue weighted by atomic mass is 32.2. The first-order valence-corrected chi connectivity index (χ1v) is 5.17. The summed E-state index contributed by atoms with van der Waals surface area (Å²) in [5.41, 5.74) is 0. The number of hydrogen-bond donors (Lipinski definition) is 0. The van der Waals surface area contributed by atoms with E-state index in [0.29, 0.717) is 11.5 Å². The lowest BCUT2D eigenvalue weighted by Gasteiger charge is -1.97. The maximum Gasteiger partial charge on any atom is 0.166 e. The fraction of sp³-hybridized carbons (Fsp3) is 0.667. The van der Waals surface area contributed by atoms with Crippen molar-refractivity contribution >= 4 is 17.5 Å². The number of unbranched alkanes of at least 4 members (excludes halogenated alkanes) is 2. The quantitative estimate of drug-likeness (QED) is 0.603. The van der Waals surface area contributed by atoms with Crippen molar-refractivity contribution < 1.29 is 4.79 Å². The molecule has 0 saturated heterocycles. The van der Waals surface area contributed by atoms with Crippen LogP contribution in [0.5, 0.6) is 0 Å². The topological polar surface area (TPSA) is 17.1 Å². The van der Waals surface area contributed by atoms with Crippen LogP contribution in [0, 0.1) is 0 Å². The van der Waals surface area contributed by atoms with E-state index < -0.39 is 0 Å². The Hall–Kier alpha value is -0.240. The molecule has 2 heteroatoms. The van der Waals surface area contributed by atoms with Gasteiger partial charge in [0.15, 0.2) is 5.78 Å². The molecular formula is C9H14OS. The fourth-order valence-electron chi connectivity index (χ4n) is 1.12. The van der Waals surface area contributed by atoms with Crippen LogP contribution in [0.2, 0.25) is 0 Å². The van der Waals surface area contributed by atoms with Gasteiger partial charge in [-0.3, -0.25) is 4.79 Å². The molecule has 0 bridgehead atoms. The van der Waals surface area contributed by atoms with Gasteiger partial charge in [-0.05, 0) is 23.8 Å². The van der Waals surface area contributed by atoms with Crippen molar-refractivity contribution in [3.63, 3.8) is 0 Å². The second-order valence-electron chi connectivity index (χ2n) is 2.82. The van der Waals surface area contributed by atoms with Gasteiger partial charge in [-0.15, -0.1) is 11.8 Å². The lowest BCUT2D eigenvalue weighted by molar-refractivity contribution is -0.112. The molecule has 1 aliphatic heterocycles. The Kier molecular flexibility index (Phi) is 3.70. The van der Waals surface area contributed by atoms with Gasteiger partial charge < -0.3 is 0 Å². The SMILES string of the molecule is CCCCCC1=CC(=O)CS1. The first-order valence-electron chi connectivity index (χ1n) is 4.19. The number of carbonyl (C=O) groups is 1. The lowest BCUT2D eigenvalue weighted by Crippen LogP contribution is -1.86. The number of ketones is 1. The predicted molar refractivity (Wildman–Crippen MR) is 49.7 cm³/mol. The standard InChI is InChI=1S/C9H14OS/c1-2-3-4-5-9-6-8(10)7-11-9/h6H,2-5,7H2,1H3. The molecule has 1 aliphatic rings. The normalized spacial score (nSPS) is 17.2. The van der Waals surface area contributed by atoms with Gasteiger partial charge >= 0.3 is 0 Å². The Labute approximate surface area is 72.2 Å². The van der Waals surface area contributed by atoms with Gasteiger partial charge in [-0.25, -0.2) is 0 Å². The molecule has 0 aromatic rings. The van der Waals surface area contributed by atoms with Gasteiger partial charge in [0, 0.05) is 0 Å². The molecule has 1 nitrogen and oxygen atoms in total. The number of carbonyl (C=O) groups excluding carboxylic acids is 1. The maximum absolute atomic E-state index is 10.8. The Morgan fingerprint density at radius 2 is 2.36 bits per heavy atom. The van der Waals surface area contributed by atoms with Crippen LogP contribution in [0.15, 0.2) is 11.0 Å². The summed E-state index contributed by atoms with van der Waals surface area (Å²) in [7, 11) is 0. The van der Waals surface area contributed by atoms with Crippen molar-refractivity contribution in [3.8, 4) is 0 Å². The Balaban J connectivity index is 2.17. The molecule has 1 heterocycles. The van der Waals surface area contributed by atoms with Crippen LogP contribution in [-0.4, -0.2) is 11.5 Å². The molecule has 0 saturated carbocycles. The summed E-state index contributed by atoms with van der Waals surface area (Å²) in [6.07, 6.45) is 6.70. The van der Waals surface area contributed by atoms with Crippen LogP contribution in [0.3, 0.4) is 0 Å². The van der Waals surface area contributed by atoms with Crippen LogP contribution in [0.4, 0.5) is 0 Å². The van der Waals surface area contributed by atoms with Gasteiger partial charge in [0.25, 0.3) is 0 Å². The molecule has 0 amide bonds. The summed E-state index contributed by atoms with van der Waals surface area (Å²) < 4.78 is 0. The molecule has 0 spiro atoms. The zero-order chi connectivity index (χ0) is 8.10. The van der Waals surface area contributed by atoms with E-state index in [4.69, 9.17) is 0 Å². The highest BCUT2D eigenvalue weighted by Crippen LogP contribution is 2.27. The Morgan fingerprint density at radius 1 is 1.55 bits per heavy atom. The third kappa shape index (κ3) is 3.10. The minimum atomic E-state index is 0.293. The third-order valence-corrected chi connectivity index (χ3v) is 2.87. The molecule has 1 rings (SSSR count). The van der Waals surface area contributed by atoms with Crippen LogP contribution < -0.4 is 0 Å². The maximum atomic E-state index is 10.8. The second kappa shape index (κ2) is 4.60. The van der Waals surface area contributed by atoms with Gasteiger partial charge in [0.1, 0.15) is 0 Å². The van der Waals surface area contributed by atoms with Crippen molar-refractivity contribution in [1.29, 1.82) is 0 Å².